The van der Waals surface area contributed by atoms with Crippen molar-refractivity contribution in [2.24, 2.45) is 10.8 Å². The Morgan fingerprint density at radius 1 is 1.16 bits per heavy atom. The Morgan fingerprint density at radius 2 is 1.97 bits per heavy atom. The van der Waals surface area contributed by atoms with Crippen LogP contribution < -0.4 is 20.6 Å². The highest BCUT2D eigenvalue weighted by Crippen LogP contribution is 2.35. The van der Waals surface area contributed by atoms with Crippen molar-refractivity contribution < 1.29 is 14.3 Å². The molecule has 162 valence electrons. The largest absolute Gasteiger partial charge is 0.493 e. The average molecular weight is 448 g/mol. The van der Waals surface area contributed by atoms with Gasteiger partial charge in [0.2, 0.25) is 0 Å². The molecule has 1 amide bonds. The second-order valence-corrected chi connectivity index (χ2v) is 7.88. The van der Waals surface area contributed by atoms with Crippen LogP contribution in [0.5, 0.6) is 11.5 Å². The summed E-state index contributed by atoms with van der Waals surface area (Å²) < 4.78 is 10.7. The van der Waals surface area contributed by atoms with Gasteiger partial charge in [-0.05, 0) is 42.3 Å². The standard InChI is InChI=1S/C23H21N5O3S/c1-14-26-22(17-11-20(32-23(17)27-14)16-6-4-3-5-7-16)28-25-12-15-8-9-18(19(10-15)30-2)31-13-21(24)29/h3-12H,13H2,1-2H3,(H2,24,29)(H,26,27,28)/b25-12+. The van der Waals surface area contributed by atoms with Crippen molar-refractivity contribution in [1.29, 1.82) is 0 Å². The Hall–Kier alpha value is -3.98. The Balaban J connectivity index is 1.56. The lowest BCUT2D eigenvalue weighted by Crippen LogP contribution is -2.20. The number of rotatable bonds is 8. The van der Waals surface area contributed by atoms with Crippen molar-refractivity contribution in [3.8, 4) is 21.9 Å². The molecular formula is C23H21N5O3S. The van der Waals surface area contributed by atoms with Crippen LogP contribution in [0, 0.1) is 6.92 Å². The molecule has 0 aliphatic carbocycles. The Bertz CT molecular complexity index is 1290. The number of anilines is 1. The number of nitrogens with zero attached hydrogens (tertiary/aromatic N) is 3. The van der Waals surface area contributed by atoms with E-state index in [9.17, 15) is 4.79 Å². The smallest absolute Gasteiger partial charge is 0.255 e. The predicted molar refractivity (Wildman–Crippen MR) is 126 cm³/mol. The molecule has 2 heterocycles. The topological polar surface area (TPSA) is 112 Å². The summed E-state index contributed by atoms with van der Waals surface area (Å²) in [4.78, 5) is 22.0. The fourth-order valence-corrected chi connectivity index (χ4v) is 4.14. The second-order valence-electron chi connectivity index (χ2n) is 6.85. The molecule has 0 bridgehead atoms. The first kappa shape index (κ1) is 21.3. The van der Waals surface area contributed by atoms with Gasteiger partial charge in [0.1, 0.15) is 10.7 Å². The summed E-state index contributed by atoms with van der Waals surface area (Å²) in [6.45, 7) is 1.63. The molecular weight excluding hydrogens is 426 g/mol. The molecule has 32 heavy (non-hydrogen) atoms. The first-order chi connectivity index (χ1) is 15.5. The zero-order valence-corrected chi connectivity index (χ0v) is 18.3. The number of hydrazone groups is 1. The Labute approximate surface area is 188 Å². The Kier molecular flexibility index (Phi) is 6.27. The van der Waals surface area contributed by atoms with Crippen LogP contribution in [0.2, 0.25) is 0 Å². The minimum absolute atomic E-state index is 0.222. The van der Waals surface area contributed by atoms with Gasteiger partial charge in [-0.3, -0.25) is 10.2 Å². The van der Waals surface area contributed by atoms with E-state index in [-0.39, 0.29) is 6.61 Å². The van der Waals surface area contributed by atoms with Gasteiger partial charge in [-0.2, -0.15) is 5.10 Å². The number of nitrogens with two attached hydrogens (primary N) is 1. The molecule has 0 radical (unpaired) electrons. The van der Waals surface area contributed by atoms with E-state index in [0.717, 1.165) is 26.2 Å². The van der Waals surface area contributed by atoms with Crippen molar-refractivity contribution >= 4 is 39.5 Å². The maximum absolute atomic E-state index is 10.9. The van der Waals surface area contributed by atoms with Crippen LogP contribution in [0.15, 0.2) is 59.7 Å². The summed E-state index contributed by atoms with van der Waals surface area (Å²) in [7, 11) is 1.52. The van der Waals surface area contributed by atoms with Gasteiger partial charge < -0.3 is 15.2 Å². The number of ether oxygens (including phenoxy) is 2. The van der Waals surface area contributed by atoms with Gasteiger partial charge in [0, 0.05) is 4.88 Å². The highest BCUT2D eigenvalue weighted by atomic mass is 32.1. The van der Waals surface area contributed by atoms with E-state index < -0.39 is 5.91 Å². The van der Waals surface area contributed by atoms with Crippen LogP contribution in [-0.2, 0) is 4.79 Å². The Morgan fingerprint density at radius 3 is 2.72 bits per heavy atom. The number of carbonyl (C=O) groups excluding carboxylic acids is 1. The average Bonchev–Trinajstić information content (AvgIpc) is 3.22. The van der Waals surface area contributed by atoms with Crippen molar-refractivity contribution in [2.75, 3.05) is 19.1 Å². The van der Waals surface area contributed by atoms with Gasteiger partial charge >= 0.3 is 0 Å². The normalized spacial score (nSPS) is 11.1. The van der Waals surface area contributed by atoms with Gasteiger partial charge in [-0.15, -0.1) is 11.3 Å². The second kappa shape index (κ2) is 9.44. The number of primary amides is 1. The fraction of sp³-hybridized carbons (Fsp3) is 0.130. The summed E-state index contributed by atoms with van der Waals surface area (Å²) >= 11 is 1.62. The van der Waals surface area contributed by atoms with E-state index in [2.05, 4.69) is 38.7 Å². The van der Waals surface area contributed by atoms with Crippen LogP contribution in [0.3, 0.4) is 0 Å². The maximum atomic E-state index is 10.9. The molecule has 4 aromatic rings. The number of aryl methyl sites for hydroxylation is 1. The minimum Gasteiger partial charge on any atom is -0.493 e. The molecule has 0 unspecified atom stereocenters. The quantitative estimate of drug-likeness (QED) is 0.312. The first-order valence-corrected chi connectivity index (χ1v) is 10.6. The van der Waals surface area contributed by atoms with Crippen LogP contribution in [0.1, 0.15) is 11.4 Å². The van der Waals surface area contributed by atoms with Crippen LogP contribution in [-0.4, -0.2) is 35.8 Å². The number of fused-ring (bicyclic) bond motifs is 1. The van der Waals surface area contributed by atoms with Crippen LogP contribution in [0.25, 0.3) is 20.7 Å². The third-order valence-electron chi connectivity index (χ3n) is 4.50. The van der Waals surface area contributed by atoms with Gasteiger partial charge in [-0.1, -0.05) is 30.3 Å². The van der Waals surface area contributed by atoms with E-state index in [4.69, 9.17) is 15.2 Å². The number of methoxy groups -OCH3 is 1. The number of hydrogen-bond acceptors (Lipinski definition) is 8. The van der Waals surface area contributed by atoms with Gasteiger partial charge in [0.25, 0.3) is 5.91 Å². The van der Waals surface area contributed by atoms with Gasteiger partial charge in [0.05, 0.1) is 18.7 Å². The highest BCUT2D eigenvalue weighted by Gasteiger charge is 2.11. The van der Waals surface area contributed by atoms with Crippen LogP contribution in [0.4, 0.5) is 5.82 Å². The van der Waals surface area contributed by atoms with E-state index in [0.29, 0.717) is 23.1 Å². The predicted octanol–water partition coefficient (Wildman–Crippen LogP) is 3.99. The SMILES string of the molecule is COc1cc(/C=N/Nc2nc(C)nc3sc(-c4ccccc4)cc23)ccc1OCC(N)=O. The maximum Gasteiger partial charge on any atom is 0.255 e. The van der Waals surface area contributed by atoms with E-state index >= 15 is 0 Å². The molecule has 0 atom stereocenters. The number of benzene rings is 2. The number of carbonyl (C=O) groups is 1. The number of thiophene rings is 1. The summed E-state index contributed by atoms with van der Waals surface area (Å²) in [5.41, 5.74) is 10.1. The molecule has 8 nitrogen and oxygen atoms in total. The lowest BCUT2D eigenvalue weighted by Gasteiger charge is -2.09. The highest BCUT2D eigenvalue weighted by molar-refractivity contribution is 7.21. The molecule has 9 heteroatoms. The number of aromatic nitrogens is 2. The molecule has 2 aromatic carbocycles. The van der Waals surface area contributed by atoms with Crippen molar-refractivity contribution in [3.05, 3.63) is 66.0 Å². The zero-order valence-electron chi connectivity index (χ0n) is 17.5. The van der Waals surface area contributed by atoms with Gasteiger partial charge in [-0.25, -0.2) is 9.97 Å². The molecule has 0 aliphatic heterocycles. The van der Waals surface area contributed by atoms with Gasteiger partial charge in [0.15, 0.2) is 23.9 Å². The minimum atomic E-state index is -0.558. The number of hydrogen-bond donors (Lipinski definition) is 2. The summed E-state index contributed by atoms with van der Waals surface area (Å²) in [6, 6.07) is 17.5. The van der Waals surface area contributed by atoms with Crippen LogP contribution >= 0.6 is 11.3 Å². The lowest BCUT2D eigenvalue weighted by atomic mass is 10.2. The molecule has 0 saturated heterocycles. The van der Waals surface area contributed by atoms with E-state index in [1.807, 2.05) is 25.1 Å². The van der Waals surface area contributed by atoms with Crippen molar-refractivity contribution in [1.82, 2.24) is 9.97 Å². The molecule has 0 saturated carbocycles. The van der Waals surface area contributed by atoms with Crippen molar-refractivity contribution in [3.63, 3.8) is 0 Å². The van der Waals surface area contributed by atoms with E-state index in [1.165, 1.54) is 7.11 Å². The zero-order chi connectivity index (χ0) is 22.5. The molecule has 3 N–H and O–H groups in total. The summed E-state index contributed by atoms with van der Waals surface area (Å²) in [5, 5.41) is 5.24. The number of amides is 1. The summed E-state index contributed by atoms with van der Waals surface area (Å²) in [5.74, 6) is 1.64. The first-order valence-electron chi connectivity index (χ1n) is 9.75. The van der Waals surface area contributed by atoms with Crippen molar-refractivity contribution in [2.45, 2.75) is 6.92 Å². The molecule has 2 aromatic heterocycles. The monoisotopic (exact) mass is 447 g/mol. The molecule has 0 fully saturated rings. The summed E-state index contributed by atoms with van der Waals surface area (Å²) in [6.07, 6.45) is 1.65. The third kappa shape index (κ3) is 4.84. The third-order valence-corrected chi connectivity index (χ3v) is 5.58. The van der Waals surface area contributed by atoms with E-state index in [1.54, 1.807) is 35.8 Å². The molecule has 0 spiro atoms. The molecule has 0 aliphatic rings. The molecule has 4 rings (SSSR count). The number of nitrogens with one attached hydrogen (secondary N) is 1. The fourth-order valence-electron chi connectivity index (χ4n) is 3.06. The lowest BCUT2D eigenvalue weighted by molar-refractivity contribution is -0.119.